The fraction of sp³-hybridized carbons (Fsp3) is 0.353. The van der Waals surface area contributed by atoms with Crippen molar-refractivity contribution in [2.75, 3.05) is 18.9 Å². The van der Waals surface area contributed by atoms with Crippen LogP contribution in [0.1, 0.15) is 33.3 Å². The van der Waals surface area contributed by atoms with Gasteiger partial charge in [0.1, 0.15) is 0 Å². The van der Waals surface area contributed by atoms with E-state index >= 15 is 0 Å². The lowest BCUT2D eigenvalue weighted by molar-refractivity contribution is 0.103. The minimum Gasteiger partial charge on any atom is -0.321 e. The van der Waals surface area contributed by atoms with Crippen LogP contribution >= 0.6 is 11.3 Å². The van der Waals surface area contributed by atoms with Crippen molar-refractivity contribution in [3.63, 3.8) is 0 Å². The van der Waals surface area contributed by atoms with Gasteiger partial charge in [-0.2, -0.15) is 0 Å². The van der Waals surface area contributed by atoms with Gasteiger partial charge in [0.05, 0.1) is 9.77 Å². The molecule has 5 nitrogen and oxygen atoms in total. The second-order valence-electron chi connectivity index (χ2n) is 5.79. The van der Waals surface area contributed by atoms with Crippen LogP contribution in [0.5, 0.6) is 0 Å². The molecule has 0 fully saturated rings. The van der Waals surface area contributed by atoms with Gasteiger partial charge in [0.25, 0.3) is 5.91 Å². The molecule has 1 heterocycles. The van der Waals surface area contributed by atoms with Gasteiger partial charge in [-0.25, -0.2) is 12.7 Å². The van der Waals surface area contributed by atoms with Crippen LogP contribution in [0.25, 0.3) is 0 Å². The molecule has 0 atom stereocenters. The summed E-state index contributed by atoms with van der Waals surface area (Å²) in [5.41, 5.74) is 3.87. The molecule has 0 spiro atoms. The highest BCUT2D eigenvalue weighted by molar-refractivity contribution is 7.89. The van der Waals surface area contributed by atoms with Crippen molar-refractivity contribution in [2.45, 2.75) is 32.6 Å². The summed E-state index contributed by atoms with van der Waals surface area (Å²) in [5, 5.41) is 4.40. The van der Waals surface area contributed by atoms with Crippen LogP contribution in [0.2, 0.25) is 0 Å². The number of nitrogens with one attached hydrogen (secondary N) is 1. The molecule has 2 aromatic rings. The number of hydrogen-bond acceptors (Lipinski definition) is 4. The lowest BCUT2D eigenvalue weighted by atomic mass is 10.1. The monoisotopic (exact) mass is 366 g/mol. The van der Waals surface area contributed by atoms with E-state index in [4.69, 9.17) is 0 Å². The number of hydrogen-bond donors (Lipinski definition) is 1. The lowest BCUT2D eigenvalue weighted by Crippen LogP contribution is -2.26. The molecule has 0 aliphatic carbocycles. The van der Waals surface area contributed by atoms with Gasteiger partial charge in [-0.3, -0.25) is 4.79 Å². The molecule has 0 aliphatic heterocycles. The number of thiophene rings is 1. The summed E-state index contributed by atoms with van der Waals surface area (Å²) in [6.07, 6.45) is 0. The average Bonchev–Trinajstić information content (AvgIpc) is 3.00. The van der Waals surface area contributed by atoms with E-state index in [0.29, 0.717) is 11.4 Å². The van der Waals surface area contributed by atoms with Gasteiger partial charge in [-0.1, -0.05) is 24.6 Å². The minimum absolute atomic E-state index is 0.152. The molecule has 2 rings (SSSR count). The molecular weight excluding hydrogens is 344 g/mol. The standard InChI is InChI=1S/C17H22N2O3S2/c1-6-19(5)24(21,22)14-9-15(23-10-14)17(20)18-16-12(3)7-11(2)8-13(16)4/h7-10H,6H2,1-5H3,(H,18,20). The van der Waals surface area contributed by atoms with E-state index in [2.05, 4.69) is 5.32 Å². The van der Waals surface area contributed by atoms with Crippen LogP contribution in [0.15, 0.2) is 28.5 Å². The molecular formula is C17H22N2O3S2. The highest BCUT2D eigenvalue weighted by Crippen LogP contribution is 2.26. The summed E-state index contributed by atoms with van der Waals surface area (Å²) in [4.78, 5) is 13.0. The first-order chi connectivity index (χ1) is 11.2. The summed E-state index contributed by atoms with van der Waals surface area (Å²) < 4.78 is 25.9. The molecule has 7 heteroatoms. The van der Waals surface area contributed by atoms with Crippen molar-refractivity contribution in [3.8, 4) is 0 Å². The molecule has 0 unspecified atom stereocenters. The zero-order valence-electron chi connectivity index (χ0n) is 14.5. The Balaban J connectivity index is 2.27. The van der Waals surface area contributed by atoms with Gasteiger partial charge in [0.15, 0.2) is 0 Å². The number of rotatable bonds is 5. The van der Waals surface area contributed by atoms with Crippen LogP contribution < -0.4 is 5.32 Å². The second kappa shape index (κ2) is 7.04. The normalized spacial score (nSPS) is 11.8. The Labute approximate surface area is 147 Å². The molecule has 1 N–H and O–H groups in total. The van der Waals surface area contributed by atoms with Gasteiger partial charge in [0.2, 0.25) is 10.0 Å². The van der Waals surface area contributed by atoms with Crippen LogP contribution in [0, 0.1) is 20.8 Å². The number of carbonyl (C=O) groups is 1. The second-order valence-corrected chi connectivity index (χ2v) is 8.75. The highest BCUT2D eigenvalue weighted by Gasteiger charge is 2.22. The van der Waals surface area contributed by atoms with E-state index in [1.54, 1.807) is 6.92 Å². The molecule has 0 radical (unpaired) electrons. The van der Waals surface area contributed by atoms with Crippen molar-refractivity contribution < 1.29 is 13.2 Å². The lowest BCUT2D eigenvalue weighted by Gasteiger charge is -2.13. The smallest absolute Gasteiger partial charge is 0.265 e. The van der Waals surface area contributed by atoms with Gasteiger partial charge in [-0.15, -0.1) is 11.3 Å². The first-order valence-electron chi connectivity index (χ1n) is 7.61. The highest BCUT2D eigenvalue weighted by atomic mass is 32.2. The number of benzene rings is 1. The van der Waals surface area contributed by atoms with Crippen molar-refractivity contribution in [1.29, 1.82) is 0 Å². The van der Waals surface area contributed by atoms with Crippen LogP contribution in [-0.4, -0.2) is 32.2 Å². The number of carbonyl (C=O) groups excluding carboxylic acids is 1. The molecule has 0 saturated carbocycles. The summed E-state index contributed by atoms with van der Waals surface area (Å²) in [6.45, 7) is 8.03. The van der Waals surface area contributed by atoms with E-state index in [9.17, 15) is 13.2 Å². The fourth-order valence-corrected chi connectivity index (χ4v) is 4.81. The maximum absolute atomic E-state index is 12.5. The van der Waals surface area contributed by atoms with Gasteiger partial charge >= 0.3 is 0 Å². The van der Waals surface area contributed by atoms with E-state index < -0.39 is 10.0 Å². The molecule has 1 aromatic carbocycles. The third-order valence-corrected chi connectivity index (χ3v) is 6.86. The first-order valence-corrected chi connectivity index (χ1v) is 9.92. The third-order valence-electron chi connectivity index (χ3n) is 3.87. The molecule has 24 heavy (non-hydrogen) atoms. The van der Waals surface area contributed by atoms with Crippen LogP contribution in [0.4, 0.5) is 5.69 Å². The Morgan fingerprint density at radius 2 is 1.75 bits per heavy atom. The summed E-state index contributed by atoms with van der Waals surface area (Å²) >= 11 is 1.13. The zero-order valence-corrected chi connectivity index (χ0v) is 16.1. The summed E-state index contributed by atoms with van der Waals surface area (Å²) in [6, 6.07) is 5.44. The number of amides is 1. The molecule has 1 amide bonds. The Morgan fingerprint density at radius 3 is 2.29 bits per heavy atom. The molecule has 130 valence electrons. The number of aryl methyl sites for hydroxylation is 3. The van der Waals surface area contributed by atoms with Crippen molar-refractivity contribution >= 4 is 33.0 Å². The van der Waals surface area contributed by atoms with Crippen molar-refractivity contribution in [2.24, 2.45) is 0 Å². The predicted molar refractivity (Wildman–Crippen MR) is 98.4 cm³/mol. The summed E-state index contributed by atoms with van der Waals surface area (Å²) in [7, 11) is -2.01. The number of sulfonamides is 1. The largest absolute Gasteiger partial charge is 0.321 e. The number of anilines is 1. The van der Waals surface area contributed by atoms with Crippen LogP contribution in [0.3, 0.4) is 0 Å². The minimum atomic E-state index is -3.53. The van der Waals surface area contributed by atoms with Gasteiger partial charge in [-0.05, 0) is 38.0 Å². The van der Waals surface area contributed by atoms with Crippen molar-refractivity contribution in [3.05, 3.63) is 45.1 Å². The molecule has 0 saturated heterocycles. The van der Waals surface area contributed by atoms with E-state index in [0.717, 1.165) is 33.7 Å². The third kappa shape index (κ3) is 3.68. The first kappa shape index (κ1) is 18.6. The van der Waals surface area contributed by atoms with E-state index in [1.165, 1.54) is 22.8 Å². The van der Waals surface area contributed by atoms with Crippen LogP contribution in [-0.2, 0) is 10.0 Å². The van der Waals surface area contributed by atoms with Gasteiger partial charge in [0, 0.05) is 24.7 Å². The maximum atomic E-state index is 12.5. The quantitative estimate of drug-likeness (QED) is 0.880. The van der Waals surface area contributed by atoms with Crippen molar-refractivity contribution in [1.82, 2.24) is 4.31 Å². The maximum Gasteiger partial charge on any atom is 0.265 e. The van der Waals surface area contributed by atoms with E-state index in [1.807, 2.05) is 32.9 Å². The Hall–Kier alpha value is -1.70. The predicted octanol–water partition coefficient (Wildman–Crippen LogP) is 3.57. The fourth-order valence-electron chi connectivity index (χ4n) is 2.48. The Morgan fingerprint density at radius 1 is 1.17 bits per heavy atom. The number of nitrogens with zero attached hydrogens (tertiary/aromatic N) is 1. The zero-order chi connectivity index (χ0) is 18.1. The Kier molecular flexibility index (Phi) is 5.47. The average molecular weight is 367 g/mol. The van der Waals surface area contributed by atoms with Gasteiger partial charge < -0.3 is 5.32 Å². The molecule has 1 aromatic heterocycles. The summed E-state index contributed by atoms with van der Waals surface area (Å²) in [5.74, 6) is -0.296. The topological polar surface area (TPSA) is 66.5 Å². The van der Waals surface area contributed by atoms with E-state index in [-0.39, 0.29) is 10.8 Å². The Bertz CT molecular complexity index is 847. The molecule has 0 aliphatic rings. The molecule has 0 bridgehead atoms. The SMILES string of the molecule is CCN(C)S(=O)(=O)c1csc(C(=O)Nc2c(C)cc(C)cc2C)c1.